The summed E-state index contributed by atoms with van der Waals surface area (Å²) in [5, 5.41) is 9.81. The Bertz CT molecular complexity index is 622. The van der Waals surface area contributed by atoms with Crippen molar-refractivity contribution in [2.75, 3.05) is 14.2 Å². The molecule has 0 unspecified atom stereocenters. The van der Waals surface area contributed by atoms with E-state index in [-0.39, 0.29) is 11.4 Å². The van der Waals surface area contributed by atoms with Gasteiger partial charge in [-0.1, -0.05) is 0 Å². The first kappa shape index (κ1) is 12.2. The molecular weight excluding hydrogens is 234 g/mol. The lowest BCUT2D eigenvalue weighted by Gasteiger charge is -2.09. The largest absolute Gasteiger partial charge is 0.497 e. The zero-order valence-corrected chi connectivity index (χ0v) is 10.4. The van der Waals surface area contributed by atoms with Gasteiger partial charge in [0, 0.05) is 5.39 Å². The molecule has 2 aromatic rings. The summed E-state index contributed by atoms with van der Waals surface area (Å²) >= 11 is 0. The molecule has 1 N–H and O–H groups in total. The molecular formula is C13H13NO4. The van der Waals surface area contributed by atoms with Crippen LogP contribution in [0.25, 0.3) is 10.9 Å². The van der Waals surface area contributed by atoms with Gasteiger partial charge >= 0.3 is 5.97 Å². The molecule has 0 bridgehead atoms. The number of ether oxygens (including phenoxy) is 2. The van der Waals surface area contributed by atoms with Crippen molar-refractivity contribution in [2.45, 2.75) is 6.92 Å². The molecule has 0 aliphatic rings. The van der Waals surface area contributed by atoms with Crippen molar-refractivity contribution >= 4 is 16.9 Å². The molecule has 0 fully saturated rings. The molecule has 0 aliphatic carbocycles. The van der Waals surface area contributed by atoms with Crippen LogP contribution in [0.15, 0.2) is 18.2 Å². The van der Waals surface area contributed by atoms with Crippen molar-refractivity contribution in [3.63, 3.8) is 0 Å². The number of aromatic nitrogens is 1. The van der Waals surface area contributed by atoms with Gasteiger partial charge in [0.15, 0.2) is 0 Å². The Kier molecular flexibility index (Phi) is 3.06. The number of rotatable bonds is 3. The molecule has 0 radical (unpaired) electrons. The van der Waals surface area contributed by atoms with Gasteiger partial charge in [-0.2, -0.15) is 0 Å². The van der Waals surface area contributed by atoms with E-state index in [2.05, 4.69) is 4.98 Å². The second-order valence-electron chi connectivity index (χ2n) is 3.87. The summed E-state index contributed by atoms with van der Waals surface area (Å²) < 4.78 is 10.2. The standard InChI is InChI=1S/C13H13NO4/c1-7-4-9(17-2)5-8-6-10(13(15)16)12(18-3)14-11(7)8/h4-6H,1-3H3,(H,15,16). The number of nitrogens with zero attached hydrogens (tertiary/aromatic N) is 1. The number of carbonyl (C=O) groups is 1. The topological polar surface area (TPSA) is 68.7 Å². The van der Waals surface area contributed by atoms with Crippen molar-refractivity contribution in [3.8, 4) is 11.6 Å². The second kappa shape index (κ2) is 4.52. The van der Waals surface area contributed by atoms with E-state index >= 15 is 0 Å². The lowest BCUT2D eigenvalue weighted by molar-refractivity contribution is 0.0692. The Morgan fingerprint density at radius 1 is 1.22 bits per heavy atom. The smallest absolute Gasteiger partial charge is 0.341 e. The molecule has 0 saturated carbocycles. The first-order valence-electron chi connectivity index (χ1n) is 5.33. The van der Waals surface area contributed by atoms with Gasteiger partial charge in [0.2, 0.25) is 5.88 Å². The Balaban J connectivity index is 2.78. The molecule has 2 rings (SSSR count). The first-order valence-corrected chi connectivity index (χ1v) is 5.33. The Labute approximate surface area is 104 Å². The van der Waals surface area contributed by atoms with E-state index in [1.807, 2.05) is 13.0 Å². The van der Waals surface area contributed by atoms with E-state index in [1.54, 1.807) is 19.2 Å². The molecule has 0 saturated heterocycles. The van der Waals surface area contributed by atoms with Crippen LogP contribution in [-0.2, 0) is 0 Å². The third-order valence-electron chi connectivity index (χ3n) is 2.71. The highest BCUT2D eigenvalue weighted by Crippen LogP contribution is 2.28. The van der Waals surface area contributed by atoms with Crippen LogP contribution in [0.1, 0.15) is 15.9 Å². The molecule has 1 aromatic carbocycles. The summed E-state index contributed by atoms with van der Waals surface area (Å²) in [6, 6.07) is 5.13. The molecule has 1 heterocycles. The lowest BCUT2D eigenvalue weighted by Crippen LogP contribution is -2.03. The maximum Gasteiger partial charge on any atom is 0.341 e. The predicted molar refractivity (Wildman–Crippen MR) is 66.5 cm³/mol. The van der Waals surface area contributed by atoms with Crippen molar-refractivity contribution in [1.29, 1.82) is 0 Å². The fraction of sp³-hybridized carbons (Fsp3) is 0.231. The zero-order chi connectivity index (χ0) is 13.3. The maximum absolute atomic E-state index is 11.1. The first-order chi connectivity index (χ1) is 8.56. The summed E-state index contributed by atoms with van der Waals surface area (Å²) in [7, 11) is 2.97. The number of methoxy groups -OCH3 is 2. The number of benzene rings is 1. The predicted octanol–water partition coefficient (Wildman–Crippen LogP) is 2.26. The molecule has 0 aliphatic heterocycles. The highest BCUT2D eigenvalue weighted by molar-refractivity contribution is 5.96. The SMILES string of the molecule is COc1cc(C)c2nc(OC)c(C(=O)O)cc2c1. The fourth-order valence-electron chi connectivity index (χ4n) is 1.84. The average Bonchev–Trinajstić information content (AvgIpc) is 2.37. The molecule has 5 heteroatoms. The van der Waals surface area contributed by atoms with E-state index in [1.165, 1.54) is 7.11 Å². The van der Waals surface area contributed by atoms with Gasteiger partial charge in [-0.15, -0.1) is 0 Å². The van der Waals surface area contributed by atoms with Crippen LogP contribution in [0.4, 0.5) is 0 Å². The maximum atomic E-state index is 11.1. The normalized spacial score (nSPS) is 10.4. The quantitative estimate of drug-likeness (QED) is 0.900. The number of aryl methyl sites for hydroxylation is 1. The van der Waals surface area contributed by atoms with E-state index in [0.29, 0.717) is 16.7 Å². The van der Waals surface area contributed by atoms with E-state index in [0.717, 1.165) is 5.56 Å². The molecule has 5 nitrogen and oxygen atoms in total. The lowest BCUT2D eigenvalue weighted by atomic mass is 10.1. The summed E-state index contributed by atoms with van der Waals surface area (Å²) in [6.45, 7) is 1.89. The van der Waals surface area contributed by atoms with Gasteiger partial charge in [0.05, 0.1) is 19.7 Å². The number of aromatic carboxylic acids is 1. The Morgan fingerprint density at radius 3 is 2.50 bits per heavy atom. The molecule has 1 aromatic heterocycles. The molecule has 94 valence electrons. The van der Waals surface area contributed by atoms with E-state index in [4.69, 9.17) is 14.6 Å². The van der Waals surface area contributed by atoms with Crippen LogP contribution in [-0.4, -0.2) is 30.3 Å². The number of hydrogen-bond acceptors (Lipinski definition) is 4. The monoisotopic (exact) mass is 247 g/mol. The summed E-state index contributed by atoms with van der Waals surface area (Å²) in [4.78, 5) is 15.3. The minimum atomic E-state index is -1.07. The van der Waals surface area contributed by atoms with Gasteiger partial charge in [0.25, 0.3) is 0 Å². The third-order valence-corrected chi connectivity index (χ3v) is 2.71. The third kappa shape index (κ3) is 1.95. The van der Waals surface area contributed by atoms with Gasteiger partial charge in [-0.3, -0.25) is 0 Å². The highest BCUT2D eigenvalue weighted by atomic mass is 16.5. The number of fused-ring (bicyclic) bond motifs is 1. The summed E-state index contributed by atoms with van der Waals surface area (Å²) in [5.41, 5.74) is 1.65. The summed E-state index contributed by atoms with van der Waals surface area (Å²) in [5.74, 6) is -0.284. The Morgan fingerprint density at radius 2 is 1.94 bits per heavy atom. The molecule has 18 heavy (non-hydrogen) atoms. The van der Waals surface area contributed by atoms with Gasteiger partial charge in [0.1, 0.15) is 11.3 Å². The van der Waals surface area contributed by atoms with Crippen molar-refractivity contribution < 1.29 is 19.4 Å². The minimum Gasteiger partial charge on any atom is -0.497 e. The van der Waals surface area contributed by atoms with E-state index < -0.39 is 5.97 Å². The Hall–Kier alpha value is -2.30. The van der Waals surface area contributed by atoms with Gasteiger partial charge in [-0.25, -0.2) is 9.78 Å². The number of carboxylic acid groups (broad SMARTS) is 1. The van der Waals surface area contributed by atoms with Crippen LogP contribution in [0, 0.1) is 6.92 Å². The van der Waals surface area contributed by atoms with Crippen molar-refractivity contribution in [3.05, 3.63) is 29.3 Å². The second-order valence-corrected chi connectivity index (χ2v) is 3.87. The van der Waals surface area contributed by atoms with Gasteiger partial charge in [-0.05, 0) is 30.7 Å². The molecule has 0 atom stereocenters. The van der Waals surface area contributed by atoms with Crippen LogP contribution in [0.3, 0.4) is 0 Å². The summed E-state index contributed by atoms with van der Waals surface area (Å²) in [6.07, 6.45) is 0. The minimum absolute atomic E-state index is 0.0395. The fourth-order valence-corrected chi connectivity index (χ4v) is 1.84. The highest BCUT2D eigenvalue weighted by Gasteiger charge is 2.15. The molecule has 0 amide bonds. The van der Waals surface area contributed by atoms with Crippen molar-refractivity contribution in [1.82, 2.24) is 4.98 Å². The number of hydrogen-bond donors (Lipinski definition) is 1. The number of pyridine rings is 1. The zero-order valence-electron chi connectivity index (χ0n) is 10.4. The van der Waals surface area contributed by atoms with Crippen LogP contribution >= 0.6 is 0 Å². The molecule has 0 spiro atoms. The number of carboxylic acids is 1. The van der Waals surface area contributed by atoms with E-state index in [9.17, 15) is 4.79 Å². The van der Waals surface area contributed by atoms with Crippen LogP contribution in [0.5, 0.6) is 11.6 Å². The van der Waals surface area contributed by atoms with Gasteiger partial charge < -0.3 is 14.6 Å². The van der Waals surface area contributed by atoms with Crippen LogP contribution in [0.2, 0.25) is 0 Å². The van der Waals surface area contributed by atoms with Crippen molar-refractivity contribution in [2.24, 2.45) is 0 Å². The average molecular weight is 247 g/mol. The van der Waals surface area contributed by atoms with Crippen LogP contribution < -0.4 is 9.47 Å².